The number of nitrogens with one attached hydrogen (secondary N) is 2. The molecule has 1 aromatic heterocycles. The molecule has 1 amide bonds. The van der Waals surface area contributed by atoms with Crippen LogP contribution >= 0.6 is 0 Å². The summed E-state index contributed by atoms with van der Waals surface area (Å²) in [5, 5.41) is 13.4. The van der Waals surface area contributed by atoms with E-state index in [0.29, 0.717) is 24.8 Å². The maximum absolute atomic E-state index is 12.8. The van der Waals surface area contributed by atoms with Crippen molar-refractivity contribution in [3.63, 3.8) is 0 Å². The second-order valence-corrected chi connectivity index (χ2v) is 7.66. The summed E-state index contributed by atoms with van der Waals surface area (Å²) >= 11 is 0. The molecule has 2 saturated heterocycles. The van der Waals surface area contributed by atoms with Crippen LogP contribution in [0.25, 0.3) is 10.9 Å². The molecule has 0 unspecified atom stereocenters. The minimum Gasteiger partial charge on any atom is -0.396 e. The minimum absolute atomic E-state index is 0.0333. The number of carbonyl (C=O) groups excluding carboxylic acids is 1. The van der Waals surface area contributed by atoms with Crippen LogP contribution in [0.2, 0.25) is 0 Å². The quantitative estimate of drug-likeness (QED) is 0.779. The fourth-order valence-electron chi connectivity index (χ4n) is 4.29. The molecule has 3 atom stereocenters. The predicted octanol–water partition coefficient (Wildman–Crippen LogP) is 1.74. The highest BCUT2D eigenvalue weighted by molar-refractivity contribution is 6.01. The monoisotopic (exact) mass is 357 g/mol. The third-order valence-electron chi connectivity index (χ3n) is 5.72. The molecule has 4 rings (SSSR count). The first-order valence-electron chi connectivity index (χ1n) is 9.41. The topological polar surface area (TPSA) is 77.6 Å². The van der Waals surface area contributed by atoms with Crippen LogP contribution in [0.4, 0.5) is 0 Å². The Morgan fingerprint density at radius 3 is 3.04 bits per heavy atom. The Labute approximate surface area is 153 Å². The van der Waals surface area contributed by atoms with Crippen LogP contribution in [-0.2, 0) is 4.74 Å². The van der Waals surface area contributed by atoms with Gasteiger partial charge in [0.15, 0.2) is 0 Å². The minimum atomic E-state index is -0.0333. The summed E-state index contributed by atoms with van der Waals surface area (Å²) in [6, 6.07) is 6.70. The van der Waals surface area contributed by atoms with Crippen molar-refractivity contribution < 1.29 is 14.6 Å². The number of aliphatic hydroxyl groups is 1. The Kier molecular flexibility index (Phi) is 4.73. The third kappa shape index (κ3) is 3.24. The highest BCUT2D eigenvalue weighted by Gasteiger charge is 2.38. The maximum Gasteiger partial charge on any atom is 0.268 e. The van der Waals surface area contributed by atoms with Crippen molar-refractivity contribution in [2.24, 2.45) is 0 Å². The normalized spacial score (nSPS) is 26.2. The van der Waals surface area contributed by atoms with Crippen molar-refractivity contribution in [1.82, 2.24) is 15.2 Å². The Morgan fingerprint density at radius 1 is 1.38 bits per heavy atom. The number of H-pyrrole nitrogens is 1. The average molecular weight is 357 g/mol. The van der Waals surface area contributed by atoms with E-state index in [4.69, 9.17) is 9.84 Å². The molecule has 1 aromatic carbocycles. The van der Waals surface area contributed by atoms with Gasteiger partial charge in [0.1, 0.15) is 5.69 Å². The molecule has 0 radical (unpaired) electrons. The first kappa shape index (κ1) is 17.5. The highest BCUT2D eigenvalue weighted by atomic mass is 16.5. The van der Waals surface area contributed by atoms with Crippen LogP contribution in [0, 0.1) is 13.8 Å². The Bertz CT molecular complexity index is 816. The van der Waals surface area contributed by atoms with E-state index < -0.39 is 0 Å². The van der Waals surface area contributed by atoms with E-state index in [9.17, 15) is 4.79 Å². The summed E-state index contributed by atoms with van der Waals surface area (Å²) < 4.78 is 5.82. The molecule has 6 heteroatoms. The summed E-state index contributed by atoms with van der Waals surface area (Å²) in [5.74, 6) is -0.0333. The maximum atomic E-state index is 12.8. The van der Waals surface area contributed by atoms with Crippen LogP contribution in [0.3, 0.4) is 0 Å². The number of ether oxygens (including phenoxy) is 1. The van der Waals surface area contributed by atoms with Gasteiger partial charge in [0.25, 0.3) is 5.91 Å². The zero-order valence-electron chi connectivity index (χ0n) is 15.4. The zero-order chi connectivity index (χ0) is 18.3. The second-order valence-electron chi connectivity index (χ2n) is 7.66. The van der Waals surface area contributed by atoms with Crippen LogP contribution in [0.15, 0.2) is 18.2 Å². The van der Waals surface area contributed by atoms with Crippen molar-refractivity contribution in [3.05, 3.63) is 35.0 Å². The number of benzene rings is 1. The standard InChI is InChI=1S/C20H27N3O3/c1-12-3-4-18-17(7-12)13(2)19(22-18)20(25)21-14-8-15-11-26-16(5-6-24)10-23(15)9-14/h3-4,7,14-16,22,24H,5-6,8-11H2,1-2H3,(H,21,25)/t14-,15-,16-/m0/s1. The molecule has 0 aliphatic carbocycles. The molecule has 140 valence electrons. The van der Waals surface area contributed by atoms with Crippen molar-refractivity contribution in [2.45, 2.75) is 44.9 Å². The lowest BCUT2D eigenvalue weighted by Gasteiger charge is -2.34. The van der Waals surface area contributed by atoms with Crippen LogP contribution < -0.4 is 5.32 Å². The number of amides is 1. The van der Waals surface area contributed by atoms with Crippen LogP contribution in [-0.4, -0.2) is 65.4 Å². The van der Waals surface area contributed by atoms with E-state index >= 15 is 0 Å². The summed E-state index contributed by atoms with van der Waals surface area (Å²) in [7, 11) is 0. The van der Waals surface area contributed by atoms with Gasteiger partial charge >= 0.3 is 0 Å². The smallest absolute Gasteiger partial charge is 0.268 e. The molecular formula is C20H27N3O3. The van der Waals surface area contributed by atoms with Gasteiger partial charge in [0, 0.05) is 42.7 Å². The summed E-state index contributed by atoms with van der Waals surface area (Å²) in [6.07, 6.45) is 1.69. The van der Waals surface area contributed by atoms with E-state index in [1.807, 2.05) is 13.0 Å². The number of rotatable bonds is 4. The first-order valence-corrected chi connectivity index (χ1v) is 9.41. The number of aromatic amines is 1. The number of carbonyl (C=O) groups is 1. The summed E-state index contributed by atoms with van der Waals surface area (Å²) in [5.41, 5.74) is 3.85. The van der Waals surface area contributed by atoms with Gasteiger partial charge in [-0.05, 0) is 44.4 Å². The molecule has 2 aromatic rings. The predicted molar refractivity (Wildman–Crippen MR) is 100 cm³/mol. The molecule has 2 aliphatic heterocycles. The summed E-state index contributed by atoms with van der Waals surface area (Å²) in [6.45, 7) is 6.58. The lowest BCUT2D eigenvalue weighted by atomic mass is 10.1. The summed E-state index contributed by atoms with van der Waals surface area (Å²) in [4.78, 5) is 18.5. The van der Waals surface area contributed by atoms with E-state index in [1.165, 1.54) is 5.56 Å². The van der Waals surface area contributed by atoms with Crippen molar-refractivity contribution >= 4 is 16.8 Å². The number of morpholine rings is 1. The lowest BCUT2D eigenvalue weighted by molar-refractivity contribution is -0.0566. The van der Waals surface area contributed by atoms with Gasteiger partial charge in [-0.25, -0.2) is 0 Å². The molecule has 6 nitrogen and oxygen atoms in total. The van der Waals surface area contributed by atoms with Crippen LogP contribution in [0.5, 0.6) is 0 Å². The molecule has 3 heterocycles. The van der Waals surface area contributed by atoms with Gasteiger partial charge in [-0.1, -0.05) is 11.6 Å². The Morgan fingerprint density at radius 2 is 2.23 bits per heavy atom. The number of aliphatic hydroxyl groups excluding tert-OH is 1. The fourth-order valence-corrected chi connectivity index (χ4v) is 4.29. The van der Waals surface area contributed by atoms with E-state index in [0.717, 1.165) is 36.0 Å². The number of hydrogen-bond donors (Lipinski definition) is 3. The molecular weight excluding hydrogens is 330 g/mol. The number of aromatic nitrogens is 1. The van der Waals surface area contributed by atoms with E-state index in [2.05, 4.69) is 34.3 Å². The van der Waals surface area contributed by atoms with Gasteiger partial charge in [0.05, 0.1) is 12.7 Å². The Hall–Kier alpha value is -1.89. The van der Waals surface area contributed by atoms with Crippen molar-refractivity contribution in [3.8, 4) is 0 Å². The lowest BCUT2D eigenvalue weighted by Crippen LogP contribution is -2.46. The fraction of sp³-hybridized carbons (Fsp3) is 0.550. The molecule has 26 heavy (non-hydrogen) atoms. The zero-order valence-corrected chi connectivity index (χ0v) is 15.4. The first-order chi connectivity index (χ1) is 12.5. The van der Waals surface area contributed by atoms with E-state index in [-0.39, 0.29) is 24.7 Å². The molecule has 2 aliphatic rings. The molecule has 3 N–H and O–H groups in total. The molecule has 0 spiro atoms. The van der Waals surface area contributed by atoms with Gasteiger partial charge in [-0.2, -0.15) is 0 Å². The number of hydrogen-bond acceptors (Lipinski definition) is 4. The van der Waals surface area contributed by atoms with Gasteiger partial charge in [-0.15, -0.1) is 0 Å². The molecule has 0 saturated carbocycles. The Balaban J connectivity index is 1.44. The van der Waals surface area contributed by atoms with Gasteiger partial charge in [0.2, 0.25) is 0 Å². The van der Waals surface area contributed by atoms with E-state index in [1.54, 1.807) is 0 Å². The third-order valence-corrected chi connectivity index (χ3v) is 5.72. The van der Waals surface area contributed by atoms with Crippen molar-refractivity contribution in [2.75, 3.05) is 26.3 Å². The number of nitrogens with zero attached hydrogens (tertiary/aromatic N) is 1. The van der Waals surface area contributed by atoms with Gasteiger partial charge < -0.3 is 20.1 Å². The highest BCUT2D eigenvalue weighted by Crippen LogP contribution is 2.26. The van der Waals surface area contributed by atoms with Crippen LogP contribution in [0.1, 0.15) is 34.5 Å². The molecule has 2 fully saturated rings. The number of fused-ring (bicyclic) bond motifs is 2. The van der Waals surface area contributed by atoms with Crippen molar-refractivity contribution in [1.29, 1.82) is 0 Å². The second kappa shape index (κ2) is 7.02. The average Bonchev–Trinajstić information content (AvgIpc) is 3.15. The molecule has 0 bridgehead atoms. The van der Waals surface area contributed by atoms with Gasteiger partial charge in [-0.3, -0.25) is 9.69 Å². The number of aryl methyl sites for hydroxylation is 2. The SMILES string of the molecule is Cc1ccc2[nH]c(C(=O)N[C@H]3C[C@H]4CO[C@@H](CCO)CN4C3)c(C)c2c1. The largest absolute Gasteiger partial charge is 0.396 e.